The van der Waals surface area contributed by atoms with Crippen LogP contribution in [0.5, 0.6) is 0 Å². The quantitative estimate of drug-likeness (QED) is 0.585. The molecule has 8 nitrogen and oxygen atoms in total. The van der Waals surface area contributed by atoms with Gasteiger partial charge in [0.15, 0.2) is 11.5 Å². The largest absolute Gasteiger partial charge is 0.383 e. The van der Waals surface area contributed by atoms with Crippen LogP contribution in [0.1, 0.15) is 18.5 Å². The minimum absolute atomic E-state index is 0.00100. The maximum Gasteiger partial charge on any atom is 0.264 e. The summed E-state index contributed by atoms with van der Waals surface area (Å²) >= 11 is 0. The second-order valence-corrected chi connectivity index (χ2v) is 6.32. The Morgan fingerprint density at radius 1 is 1.32 bits per heavy atom. The molecule has 1 saturated carbocycles. The van der Waals surface area contributed by atoms with E-state index in [1.165, 1.54) is 27.8 Å². The van der Waals surface area contributed by atoms with Gasteiger partial charge in [0.25, 0.3) is 5.56 Å². The van der Waals surface area contributed by atoms with Crippen LogP contribution >= 0.6 is 0 Å². The first kappa shape index (κ1) is 14.3. The fourth-order valence-electron chi connectivity index (χ4n) is 3.24. The topological polar surface area (TPSA) is 90.2 Å². The minimum atomic E-state index is -0.957. The predicted molar refractivity (Wildman–Crippen MR) is 85.9 cm³/mol. The average Bonchev–Trinajstić information content (AvgIpc) is 3.04. The summed E-state index contributed by atoms with van der Waals surface area (Å²) in [4.78, 5) is 17.0. The maximum absolute atomic E-state index is 14.2. The van der Waals surface area contributed by atoms with E-state index >= 15 is 0 Å². The normalized spacial score (nSPS) is 16.0. The molecule has 1 fully saturated rings. The molecular weight excluding hydrogens is 327 g/mol. The minimum Gasteiger partial charge on any atom is -0.383 e. The van der Waals surface area contributed by atoms with Gasteiger partial charge in [-0.05, 0) is 25.0 Å². The molecule has 0 bridgehead atoms. The Bertz CT molecular complexity index is 1220. The van der Waals surface area contributed by atoms with Crippen molar-refractivity contribution in [3.8, 4) is 5.82 Å². The van der Waals surface area contributed by atoms with Gasteiger partial charge in [-0.25, -0.2) is 9.37 Å². The van der Waals surface area contributed by atoms with Crippen LogP contribution in [0.3, 0.4) is 0 Å². The van der Waals surface area contributed by atoms with Crippen molar-refractivity contribution in [3.63, 3.8) is 0 Å². The monoisotopic (exact) mass is 340 g/mol. The SMILES string of the molecule is Cn1c(=O)c2c(F)cccc2n2cnc(-n3nncc3C3(O)CC3)c12. The molecular formula is C16H13FN6O2. The van der Waals surface area contributed by atoms with Gasteiger partial charge in [-0.1, -0.05) is 11.3 Å². The second-order valence-electron chi connectivity index (χ2n) is 6.32. The number of hydrogen-bond acceptors (Lipinski definition) is 5. The van der Waals surface area contributed by atoms with Crippen molar-refractivity contribution in [2.45, 2.75) is 18.4 Å². The van der Waals surface area contributed by atoms with Crippen molar-refractivity contribution < 1.29 is 9.50 Å². The van der Waals surface area contributed by atoms with Crippen LogP contribution in [0, 0.1) is 5.82 Å². The van der Waals surface area contributed by atoms with E-state index in [4.69, 9.17) is 0 Å². The zero-order chi connectivity index (χ0) is 17.3. The molecule has 1 N–H and O–H groups in total. The summed E-state index contributed by atoms with van der Waals surface area (Å²) in [7, 11) is 1.55. The zero-order valence-electron chi connectivity index (χ0n) is 13.2. The summed E-state index contributed by atoms with van der Waals surface area (Å²) in [6, 6.07) is 4.46. The van der Waals surface area contributed by atoms with Crippen molar-refractivity contribution in [1.29, 1.82) is 0 Å². The maximum atomic E-state index is 14.2. The number of halogens is 1. The van der Waals surface area contributed by atoms with E-state index in [2.05, 4.69) is 15.3 Å². The molecule has 0 spiro atoms. The van der Waals surface area contributed by atoms with Crippen molar-refractivity contribution in [2.75, 3.05) is 0 Å². The molecule has 25 heavy (non-hydrogen) atoms. The van der Waals surface area contributed by atoms with E-state index in [1.807, 2.05) is 0 Å². The molecule has 5 rings (SSSR count). The van der Waals surface area contributed by atoms with Crippen LogP contribution in [-0.4, -0.2) is 34.1 Å². The van der Waals surface area contributed by atoms with Crippen LogP contribution in [0.15, 0.2) is 35.5 Å². The van der Waals surface area contributed by atoms with E-state index in [0.717, 1.165) is 0 Å². The molecule has 1 aliphatic rings. The van der Waals surface area contributed by atoms with E-state index in [1.54, 1.807) is 23.6 Å². The number of benzene rings is 1. The lowest BCUT2D eigenvalue weighted by Gasteiger charge is -2.11. The summed E-state index contributed by atoms with van der Waals surface area (Å²) in [6.45, 7) is 0. The Labute approximate surface area is 139 Å². The van der Waals surface area contributed by atoms with Crippen LogP contribution < -0.4 is 5.56 Å². The number of rotatable bonds is 2. The first-order valence-corrected chi connectivity index (χ1v) is 7.79. The average molecular weight is 340 g/mol. The summed E-state index contributed by atoms with van der Waals surface area (Å²) in [6.07, 6.45) is 4.25. The van der Waals surface area contributed by atoms with Gasteiger partial charge in [-0.3, -0.25) is 13.8 Å². The Kier molecular flexibility index (Phi) is 2.58. The van der Waals surface area contributed by atoms with Gasteiger partial charge < -0.3 is 5.11 Å². The summed E-state index contributed by atoms with van der Waals surface area (Å²) in [5.41, 5.74) is -0.0295. The van der Waals surface area contributed by atoms with Gasteiger partial charge in [0, 0.05) is 7.05 Å². The van der Waals surface area contributed by atoms with E-state index < -0.39 is 17.0 Å². The van der Waals surface area contributed by atoms with Crippen molar-refractivity contribution in [1.82, 2.24) is 28.9 Å². The lowest BCUT2D eigenvalue weighted by molar-refractivity contribution is 0.143. The van der Waals surface area contributed by atoms with Crippen molar-refractivity contribution in [2.24, 2.45) is 7.05 Å². The molecule has 9 heteroatoms. The first-order chi connectivity index (χ1) is 12.0. The molecule has 1 aromatic carbocycles. The third-order valence-electron chi connectivity index (χ3n) is 4.76. The molecule has 0 saturated heterocycles. The van der Waals surface area contributed by atoms with E-state index in [9.17, 15) is 14.3 Å². The highest BCUT2D eigenvalue weighted by Gasteiger charge is 2.46. The number of aliphatic hydroxyl groups is 1. The molecule has 0 aliphatic heterocycles. The van der Waals surface area contributed by atoms with Crippen LogP contribution in [0.25, 0.3) is 22.4 Å². The summed E-state index contributed by atoms with van der Waals surface area (Å²) in [5, 5.41) is 18.3. The van der Waals surface area contributed by atoms with Gasteiger partial charge in [0.05, 0.1) is 22.8 Å². The summed E-state index contributed by atoms with van der Waals surface area (Å²) < 4.78 is 18.6. The fraction of sp³-hybridized carbons (Fsp3) is 0.250. The lowest BCUT2D eigenvalue weighted by atomic mass is 10.2. The molecule has 1 aliphatic carbocycles. The van der Waals surface area contributed by atoms with Crippen LogP contribution in [-0.2, 0) is 12.6 Å². The van der Waals surface area contributed by atoms with Crippen molar-refractivity contribution >= 4 is 16.6 Å². The Morgan fingerprint density at radius 2 is 2.12 bits per heavy atom. The van der Waals surface area contributed by atoms with Gasteiger partial charge in [0.2, 0.25) is 0 Å². The number of aromatic nitrogens is 6. The standard InChI is InChI=1S/C16H13FN6O2/c1-21-14-13(23-11(7-19-20-23)16(25)5-6-16)18-8-22(14)10-4-2-3-9(17)12(10)15(21)24/h2-4,7-8,25H,5-6H2,1H3. The molecule has 4 aromatic rings. The first-order valence-electron chi connectivity index (χ1n) is 7.79. The fourth-order valence-corrected chi connectivity index (χ4v) is 3.24. The number of hydrogen-bond donors (Lipinski definition) is 1. The third kappa shape index (κ3) is 1.78. The predicted octanol–water partition coefficient (Wildman–Crippen LogP) is 0.887. The number of aryl methyl sites for hydroxylation is 1. The van der Waals surface area contributed by atoms with Gasteiger partial charge in [-0.2, -0.15) is 4.68 Å². The smallest absolute Gasteiger partial charge is 0.264 e. The molecule has 0 amide bonds. The molecule has 0 unspecified atom stereocenters. The molecule has 0 radical (unpaired) electrons. The highest BCUT2D eigenvalue weighted by atomic mass is 19.1. The molecule has 3 heterocycles. The van der Waals surface area contributed by atoms with Crippen LogP contribution in [0.2, 0.25) is 0 Å². The van der Waals surface area contributed by atoms with Crippen molar-refractivity contribution in [3.05, 3.63) is 52.6 Å². The Balaban J connectivity index is 1.90. The van der Waals surface area contributed by atoms with Crippen LogP contribution in [0.4, 0.5) is 4.39 Å². The lowest BCUT2D eigenvalue weighted by Crippen LogP contribution is -2.22. The Hall–Kier alpha value is -3.07. The van der Waals surface area contributed by atoms with Gasteiger partial charge >= 0.3 is 0 Å². The van der Waals surface area contributed by atoms with Gasteiger partial charge in [-0.15, -0.1) is 5.10 Å². The molecule has 3 aromatic heterocycles. The Morgan fingerprint density at radius 3 is 2.88 bits per heavy atom. The van der Waals surface area contributed by atoms with Gasteiger partial charge in [0.1, 0.15) is 17.7 Å². The third-order valence-corrected chi connectivity index (χ3v) is 4.76. The number of nitrogens with zero attached hydrogens (tertiary/aromatic N) is 6. The number of imidazole rings is 1. The zero-order valence-corrected chi connectivity index (χ0v) is 13.2. The number of fused-ring (bicyclic) bond motifs is 3. The summed E-state index contributed by atoms with van der Waals surface area (Å²) in [5.74, 6) is -0.220. The molecule has 0 atom stereocenters. The highest BCUT2D eigenvalue weighted by molar-refractivity contribution is 5.82. The van der Waals surface area contributed by atoms with E-state index in [-0.39, 0.29) is 5.39 Å². The highest BCUT2D eigenvalue weighted by Crippen LogP contribution is 2.45. The van der Waals surface area contributed by atoms with E-state index in [0.29, 0.717) is 35.5 Å². The molecule has 126 valence electrons. The second kappa shape index (κ2) is 4.51.